The average molecular weight is 472 g/mol. The van der Waals surface area contributed by atoms with E-state index in [1.165, 1.54) is 13.8 Å². The number of aryl methyl sites for hydroxylation is 1. The maximum atomic E-state index is 13.6. The van der Waals surface area contributed by atoms with Gasteiger partial charge in [-0.15, -0.1) is 0 Å². The van der Waals surface area contributed by atoms with Crippen molar-refractivity contribution in [1.82, 2.24) is 0 Å². The fraction of sp³-hybridized carbons (Fsp3) is 0.375. The van der Waals surface area contributed by atoms with Gasteiger partial charge in [-0.25, -0.2) is 9.18 Å². The molecule has 2 aromatic rings. The van der Waals surface area contributed by atoms with Crippen LogP contribution in [0.2, 0.25) is 0 Å². The van der Waals surface area contributed by atoms with Gasteiger partial charge < -0.3 is 19.3 Å². The van der Waals surface area contributed by atoms with Gasteiger partial charge in [0.15, 0.2) is 5.60 Å². The molecule has 0 amide bonds. The van der Waals surface area contributed by atoms with Crippen molar-refractivity contribution in [3.8, 4) is 17.2 Å². The third kappa shape index (κ3) is 8.32. The normalized spacial score (nSPS) is 11.2. The van der Waals surface area contributed by atoms with Crippen LogP contribution in [0.5, 0.6) is 17.2 Å². The van der Waals surface area contributed by atoms with Crippen LogP contribution in [0.3, 0.4) is 0 Å². The first-order valence-electron chi connectivity index (χ1n) is 10.1. The van der Waals surface area contributed by atoms with Crippen LogP contribution in [0, 0.1) is 12.7 Å². The zero-order valence-electron chi connectivity index (χ0n) is 19.2. The number of carboxylic acids is 1. The first-order chi connectivity index (χ1) is 15.3. The van der Waals surface area contributed by atoms with E-state index in [4.69, 9.17) is 19.3 Å². The fourth-order valence-corrected chi connectivity index (χ4v) is 2.37. The summed E-state index contributed by atoms with van der Waals surface area (Å²) in [5, 5.41) is 9.15. The summed E-state index contributed by atoms with van der Waals surface area (Å²) in [5.41, 5.74) is -1.63. The van der Waals surface area contributed by atoms with Crippen molar-refractivity contribution in [2.75, 3.05) is 13.2 Å². The van der Waals surface area contributed by atoms with Crippen LogP contribution in [-0.2, 0) is 11.0 Å². The topological polar surface area (TPSA) is 65.0 Å². The Morgan fingerprint density at radius 2 is 1.52 bits per heavy atom. The van der Waals surface area contributed by atoms with Crippen molar-refractivity contribution in [1.29, 1.82) is 0 Å². The van der Waals surface area contributed by atoms with E-state index in [2.05, 4.69) is 6.58 Å². The highest BCUT2D eigenvalue weighted by Crippen LogP contribution is 2.33. The molecule has 0 aliphatic heterocycles. The zero-order valence-corrected chi connectivity index (χ0v) is 19.2. The molecule has 0 atom stereocenters. The molecule has 0 aromatic heterocycles. The second-order valence-corrected chi connectivity index (χ2v) is 7.31. The summed E-state index contributed by atoms with van der Waals surface area (Å²) < 4.78 is 67.7. The minimum atomic E-state index is -4.78. The number of carbonyl (C=O) groups is 1. The van der Waals surface area contributed by atoms with Gasteiger partial charge in [0.25, 0.3) is 0 Å². The number of alkyl halides is 3. The largest absolute Gasteiger partial charge is 0.489 e. The molecule has 0 radical (unpaired) electrons. The van der Waals surface area contributed by atoms with Crippen molar-refractivity contribution in [2.45, 2.75) is 46.4 Å². The van der Waals surface area contributed by atoms with Crippen LogP contribution in [0.25, 0.3) is 0 Å². The molecule has 0 saturated carbocycles. The number of ether oxygens (including phenoxy) is 3. The summed E-state index contributed by atoms with van der Waals surface area (Å²) >= 11 is 0. The first kappa shape index (κ1) is 27.8. The van der Waals surface area contributed by atoms with E-state index in [-0.39, 0.29) is 19.0 Å². The molecule has 5 nitrogen and oxygen atoms in total. The molecule has 0 bridgehead atoms. The number of halogens is 4. The first-order valence-corrected chi connectivity index (χ1v) is 10.1. The van der Waals surface area contributed by atoms with Gasteiger partial charge in [0, 0.05) is 6.07 Å². The Bertz CT molecular complexity index is 968. The van der Waals surface area contributed by atoms with E-state index in [0.717, 1.165) is 6.07 Å². The highest BCUT2D eigenvalue weighted by atomic mass is 19.4. The van der Waals surface area contributed by atoms with E-state index in [1.54, 1.807) is 25.1 Å². The van der Waals surface area contributed by atoms with E-state index >= 15 is 0 Å². The number of hydrogen-bond donors (Lipinski definition) is 1. The molecule has 0 spiro atoms. The van der Waals surface area contributed by atoms with E-state index in [1.807, 2.05) is 13.8 Å². The van der Waals surface area contributed by atoms with Crippen LogP contribution >= 0.6 is 0 Å². The summed E-state index contributed by atoms with van der Waals surface area (Å²) in [5.74, 6) is -1.72. The number of rotatable bonds is 9. The zero-order chi connectivity index (χ0) is 25.4. The molecule has 182 valence electrons. The van der Waals surface area contributed by atoms with Crippen molar-refractivity contribution >= 4 is 5.97 Å². The lowest BCUT2D eigenvalue weighted by Crippen LogP contribution is -2.38. The summed E-state index contributed by atoms with van der Waals surface area (Å²) in [7, 11) is 0. The summed E-state index contributed by atoms with van der Waals surface area (Å²) in [6.07, 6.45) is -4.78. The second-order valence-electron chi connectivity index (χ2n) is 7.31. The van der Waals surface area contributed by atoms with Crippen molar-refractivity contribution in [3.05, 3.63) is 65.5 Å². The average Bonchev–Trinajstić information content (AvgIpc) is 2.73. The second kappa shape index (κ2) is 11.6. The summed E-state index contributed by atoms with van der Waals surface area (Å²) in [6.45, 7) is 12.3. The van der Waals surface area contributed by atoms with E-state index < -0.39 is 29.1 Å². The third-order valence-electron chi connectivity index (χ3n) is 4.16. The van der Waals surface area contributed by atoms with Crippen LogP contribution in [0.4, 0.5) is 17.6 Å². The summed E-state index contributed by atoms with van der Waals surface area (Å²) in [6, 6.07) is 7.15. The highest BCUT2D eigenvalue weighted by Gasteiger charge is 2.34. The number of benzene rings is 2. The van der Waals surface area contributed by atoms with Gasteiger partial charge >= 0.3 is 12.1 Å². The molecule has 0 aliphatic rings. The third-order valence-corrected chi connectivity index (χ3v) is 4.16. The molecule has 2 aromatic carbocycles. The summed E-state index contributed by atoms with van der Waals surface area (Å²) in [4.78, 5) is 11.2. The van der Waals surface area contributed by atoms with Gasteiger partial charge in [-0.05, 0) is 62.2 Å². The molecule has 1 N–H and O–H groups in total. The van der Waals surface area contributed by atoms with E-state index in [0.29, 0.717) is 34.8 Å². The molecule has 9 heteroatoms. The predicted molar refractivity (Wildman–Crippen MR) is 116 cm³/mol. The molecule has 0 aliphatic carbocycles. The molecule has 0 saturated heterocycles. The van der Waals surface area contributed by atoms with Crippen LogP contribution in [0.1, 0.15) is 38.8 Å². The quantitative estimate of drug-likeness (QED) is 0.336. The highest BCUT2D eigenvalue weighted by molar-refractivity contribution is 5.76. The van der Waals surface area contributed by atoms with Gasteiger partial charge in [-0.2, -0.15) is 13.2 Å². The minimum absolute atomic E-state index is 0.0450. The lowest BCUT2D eigenvalue weighted by molar-refractivity contribution is -0.152. The Morgan fingerprint density at radius 1 is 1.00 bits per heavy atom. The Labute approximate surface area is 190 Å². The number of carboxylic acid groups (broad SMARTS) is 1. The minimum Gasteiger partial charge on any atom is -0.489 e. The Morgan fingerprint density at radius 3 is 1.97 bits per heavy atom. The molecule has 33 heavy (non-hydrogen) atoms. The molecule has 0 unspecified atom stereocenters. The van der Waals surface area contributed by atoms with Crippen LogP contribution in [-0.4, -0.2) is 29.9 Å². The maximum absolute atomic E-state index is 13.6. The lowest BCUT2D eigenvalue weighted by Gasteiger charge is -2.23. The SMILES string of the molecule is C=C(COc1ccc(OC(C)(C)C(=O)O)c(C)c1)COc1ccc(C(F)(F)F)c(F)c1.CC. The van der Waals surface area contributed by atoms with Crippen LogP contribution < -0.4 is 14.2 Å². The number of aliphatic carboxylic acids is 1. The van der Waals surface area contributed by atoms with Gasteiger partial charge in [0.1, 0.15) is 36.3 Å². The van der Waals surface area contributed by atoms with Crippen molar-refractivity contribution in [3.63, 3.8) is 0 Å². The van der Waals surface area contributed by atoms with Gasteiger partial charge in [0.2, 0.25) is 0 Å². The standard InChI is InChI=1S/C22H22F4O5.C2H6/c1-13(12-30-16-5-7-17(18(23)10-16)22(24,25)26)11-29-15-6-8-19(14(2)9-15)31-21(3,4)20(27)28;1-2/h5-10H,1,11-12H2,2-4H3,(H,27,28);1-2H3. The van der Waals surface area contributed by atoms with Gasteiger partial charge in [-0.1, -0.05) is 20.4 Å². The Kier molecular flexibility index (Phi) is 9.76. The smallest absolute Gasteiger partial charge is 0.419 e. The molecule has 0 fully saturated rings. The monoisotopic (exact) mass is 472 g/mol. The van der Waals surface area contributed by atoms with Gasteiger partial charge in [0.05, 0.1) is 5.56 Å². The Hall–Kier alpha value is -3.23. The fourth-order valence-electron chi connectivity index (χ4n) is 2.37. The Balaban J connectivity index is 0.00000265. The lowest BCUT2D eigenvalue weighted by atomic mass is 10.1. The molecular weight excluding hydrogens is 444 g/mol. The molecular formula is C24H28F4O5. The van der Waals surface area contributed by atoms with Crippen molar-refractivity contribution in [2.24, 2.45) is 0 Å². The van der Waals surface area contributed by atoms with E-state index in [9.17, 15) is 22.4 Å². The predicted octanol–water partition coefficient (Wildman–Crippen LogP) is 6.44. The number of hydrogen-bond acceptors (Lipinski definition) is 4. The molecule has 0 heterocycles. The van der Waals surface area contributed by atoms with Crippen LogP contribution in [0.15, 0.2) is 48.6 Å². The van der Waals surface area contributed by atoms with Gasteiger partial charge in [-0.3, -0.25) is 0 Å². The molecule has 2 rings (SSSR count). The maximum Gasteiger partial charge on any atom is 0.419 e. The van der Waals surface area contributed by atoms with Crippen molar-refractivity contribution < 1.29 is 41.7 Å².